The van der Waals surface area contributed by atoms with Gasteiger partial charge in [-0.25, -0.2) is 0 Å². The fourth-order valence-electron chi connectivity index (χ4n) is 3.18. The number of hydrogen-bond donors (Lipinski definition) is 1. The third-order valence-electron chi connectivity index (χ3n) is 4.76. The fraction of sp³-hybridized carbons (Fsp3) is 0.316. The second-order valence-electron chi connectivity index (χ2n) is 6.46. The second-order valence-corrected chi connectivity index (χ2v) is 7.31. The topological polar surface area (TPSA) is 78.7 Å². The van der Waals surface area contributed by atoms with Gasteiger partial charge >= 0.3 is 0 Å². The van der Waals surface area contributed by atoms with Crippen LogP contribution < -0.4 is 10.2 Å². The summed E-state index contributed by atoms with van der Waals surface area (Å²) in [6.45, 7) is 6.00. The van der Waals surface area contributed by atoms with E-state index in [1.54, 1.807) is 30.3 Å². The number of nitro groups is 1. The lowest BCUT2D eigenvalue weighted by Gasteiger charge is -2.35. The van der Waals surface area contributed by atoms with E-state index in [0.717, 1.165) is 19.6 Å². The number of carbonyl (C=O) groups excluding carboxylic acids is 1. The molecular weight excluding hydrogens is 403 g/mol. The normalized spacial score (nSPS) is 14.8. The Bertz CT molecular complexity index is 899. The molecule has 1 fully saturated rings. The number of halogens is 2. The number of nitrogens with one attached hydrogen (secondary N) is 1. The van der Waals surface area contributed by atoms with Crippen molar-refractivity contribution < 1.29 is 9.72 Å². The first-order chi connectivity index (χ1) is 13.4. The van der Waals surface area contributed by atoms with Gasteiger partial charge in [0.05, 0.1) is 15.6 Å². The molecule has 2 aromatic rings. The highest BCUT2D eigenvalue weighted by atomic mass is 35.5. The van der Waals surface area contributed by atoms with Crippen molar-refractivity contribution >= 4 is 46.2 Å². The lowest BCUT2D eigenvalue weighted by molar-refractivity contribution is -0.384. The predicted molar refractivity (Wildman–Crippen MR) is 112 cm³/mol. The molecule has 0 aromatic heterocycles. The van der Waals surface area contributed by atoms with Crippen LogP contribution in [0.5, 0.6) is 0 Å². The van der Waals surface area contributed by atoms with Crippen LogP contribution >= 0.6 is 23.2 Å². The molecule has 0 spiro atoms. The summed E-state index contributed by atoms with van der Waals surface area (Å²) in [5.41, 5.74) is 1.08. The van der Waals surface area contributed by atoms with Crippen LogP contribution in [0.2, 0.25) is 10.0 Å². The van der Waals surface area contributed by atoms with Crippen molar-refractivity contribution in [2.24, 2.45) is 0 Å². The molecule has 7 nitrogen and oxygen atoms in total. The van der Waals surface area contributed by atoms with Crippen LogP contribution in [0, 0.1) is 10.1 Å². The van der Waals surface area contributed by atoms with Gasteiger partial charge in [0.2, 0.25) is 0 Å². The standard InChI is InChI=1S/C19H20Cl2N4O3/c1-2-23-6-8-24(9-7-23)17-12-16(15(21)11-18(17)25(27)28)22-19(26)13-4-3-5-14(20)10-13/h3-5,10-12H,2,6-9H2,1H3,(H,22,26). The Morgan fingerprint density at radius 3 is 2.50 bits per heavy atom. The van der Waals surface area contributed by atoms with Crippen molar-refractivity contribution in [3.8, 4) is 0 Å². The molecule has 2 aromatic carbocycles. The number of piperazine rings is 1. The maximum Gasteiger partial charge on any atom is 0.294 e. The van der Waals surface area contributed by atoms with Crippen LogP contribution in [0.4, 0.5) is 17.1 Å². The second kappa shape index (κ2) is 8.77. The Morgan fingerprint density at radius 2 is 1.89 bits per heavy atom. The van der Waals surface area contributed by atoms with Gasteiger partial charge in [0.15, 0.2) is 0 Å². The minimum atomic E-state index is -0.448. The molecule has 0 radical (unpaired) electrons. The molecular formula is C19H20Cl2N4O3. The van der Waals surface area contributed by atoms with Gasteiger partial charge in [-0.05, 0) is 30.8 Å². The van der Waals surface area contributed by atoms with Gasteiger partial charge in [0.1, 0.15) is 5.69 Å². The van der Waals surface area contributed by atoms with E-state index >= 15 is 0 Å². The molecule has 1 aliphatic rings. The number of nitro benzene ring substituents is 1. The summed E-state index contributed by atoms with van der Waals surface area (Å²) in [6, 6.07) is 9.38. The maximum atomic E-state index is 12.5. The Hall–Kier alpha value is -2.35. The van der Waals surface area contributed by atoms with E-state index in [0.29, 0.717) is 35.1 Å². The molecule has 148 valence electrons. The van der Waals surface area contributed by atoms with Gasteiger partial charge in [-0.1, -0.05) is 36.2 Å². The van der Waals surface area contributed by atoms with Gasteiger partial charge in [0, 0.05) is 42.8 Å². The van der Waals surface area contributed by atoms with Crippen molar-refractivity contribution in [1.82, 2.24) is 4.90 Å². The Morgan fingerprint density at radius 1 is 1.18 bits per heavy atom. The van der Waals surface area contributed by atoms with Crippen molar-refractivity contribution in [2.75, 3.05) is 42.9 Å². The quantitative estimate of drug-likeness (QED) is 0.573. The first kappa shape index (κ1) is 20.4. The van der Waals surface area contributed by atoms with E-state index in [1.165, 1.54) is 6.07 Å². The summed E-state index contributed by atoms with van der Waals surface area (Å²) in [4.78, 5) is 27.8. The van der Waals surface area contributed by atoms with Gasteiger partial charge in [-0.3, -0.25) is 14.9 Å². The Balaban J connectivity index is 1.90. The van der Waals surface area contributed by atoms with Crippen molar-refractivity contribution in [2.45, 2.75) is 6.92 Å². The number of benzene rings is 2. The highest BCUT2D eigenvalue weighted by Gasteiger charge is 2.25. The number of rotatable bonds is 5. The van der Waals surface area contributed by atoms with Crippen LogP contribution in [-0.2, 0) is 0 Å². The monoisotopic (exact) mass is 422 g/mol. The molecule has 0 atom stereocenters. The Labute approximate surface area is 173 Å². The zero-order valence-corrected chi connectivity index (χ0v) is 16.8. The summed E-state index contributed by atoms with van der Waals surface area (Å²) in [7, 11) is 0. The van der Waals surface area contributed by atoms with E-state index < -0.39 is 4.92 Å². The minimum absolute atomic E-state index is 0.0734. The van der Waals surface area contributed by atoms with Crippen LogP contribution in [0.15, 0.2) is 36.4 Å². The molecule has 0 aliphatic carbocycles. The lowest BCUT2D eigenvalue weighted by atomic mass is 10.1. The third-order valence-corrected chi connectivity index (χ3v) is 5.30. The number of nitrogens with zero attached hydrogens (tertiary/aromatic N) is 3. The molecule has 28 heavy (non-hydrogen) atoms. The molecule has 0 saturated carbocycles. The number of likely N-dealkylation sites (N-methyl/N-ethyl adjacent to an activating group) is 1. The molecule has 9 heteroatoms. The highest BCUT2D eigenvalue weighted by Crippen LogP contribution is 2.37. The van der Waals surface area contributed by atoms with E-state index in [1.807, 2.05) is 4.90 Å². The Kier molecular flexibility index (Phi) is 6.39. The number of anilines is 2. The summed E-state index contributed by atoms with van der Waals surface area (Å²) in [5.74, 6) is -0.389. The van der Waals surface area contributed by atoms with Crippen LogP contribution in [0.25, 0.3) is 0 Å². The number of carbonyl (C=O) groups is 1. The minimum Gasteiger partial charge on any atom is -0.363 e. The zero-order chi connectivity index (χ0) is 20.3. The largest absolute Gasteiger partial charge is 0.363 e. The van der Waals surface area contributed by atoms with E-state index in [-0.39, 0.29) is 16.6 Å². The summed E-state index contributed by atoms with van der Waals surface area (Å²) in [5, 5.41) is 14.8. The van der Waals surface area contributed by atoms with E-state index in [2.05, 4.69) is 17.1 Å². The average molecular weight is 423 g/mol. The van der Waals surface area contributed by atoms with Crippen molar-refractivity contribution in [1.29, 1.82) is 0 Å². The van der Waals surface area contributed by atoms with Crippen molar-refractivity contribution in [3.63, 3.8) is 0 Å². The fourth-order valence-corrected chi connectivity index (χ4v) is 3.57. The van der Waals surface area contributed by atoms with Crippen molar-refractivity contribution in [3.05, 3.63) is 62.1 Å². The van der Waals surface area contributed by atoms with E-state index in [4.69, 9.17) is 23.2 Å². The first-order valence-corrected chi connectivity index (χ1v) is 9.66. The van der Waals surface area contributed by atoms with Crippen LogP contribution in [0.3, 0.4) is 0 Å². The van der Waals surface area contributed by atoms with Crippen LogP contribution in [-0.4, -0.2) is 48.5 Å². The molecule has 1 saturated heterocycles. The number of amides is 1. The van der Waals surface area contributed by atoms with E-state index in [9.17, 15) is 14.9 Å². The van der Waals surface area contributed by atoms with Gasteiger partial charge < -0.3 is 15.1 Å². The lowest BCUT2D eigenvalue weighted by Crippen LogP contribution is -2.46. The molecule has 1 amide bonds. The summed E-state index contributed by atoms with van der Waals surface area (Å²) >= 11 is 12.2. The molecule has 1 heterocycles. The summed E-state index contributed by atoms with van der Waals surface area (Å²) in [6.07, 6.45) is 0. The average Bonchev–Trinajstić information content (AvgIpc) is 2.69. The van der Waals surface area contributed by atoms with Crippen LogP contribution in [0.1, 0.15) is 17.3 Å². The first-order valence-electron chi connectivity index (χ1n) is 8.91. The molecule has 1 N–H and O–H groups in total. The van der Waals surface area contributed by atoms with Gasteiger partial charge in [-0.2, -0.15) is 0 Å². The number of hydrogen-bond acceptors (Lipinski definition) is 5. The molecule has 0 unspecified atom stereocenters. The summed E-state index contributed by atoms with van der Waals surface area (Å²) < 4.78 is 0. The zero-order valence-electron chi connectivity index (χ0n) is 15.3. The highest BCUT2D eigenvalue weighted by molar-refractivity contribution is 6.34. The molecule has 3 rings (SSSR count). The third kappa shape index (κ3) is 4.55. The van der Waals surface area contributed by atoms with Gasteiger partial charge in [0.25, 0.3) is 11.6 Å². The van der Waals surface area contributed by atoms with Gasteiger partial charge in [-0.15, -0.1) is 0 Å². The molecule has 1 aliphatic heterocycles. The maximum absolute atomic E-state index is 12.5. The predicted octanol–water partition coefficient (Wildman–Crippen LogP) is 4.30. The SMILES string of the molecule is CCN1CCN(c2cc(NC(=O)c3cccc(Cl)c3)c(Cl)cc2[N+](=O)[O-])CC1. The smallest absolute Gasteiger partial charge is 0.294 e. The molecule has 0 bridgehead atoms.